The van der Waals surface area contributed by atoms with Gasteiger partial charge in [0, 0.05) is 6.04 Å². The van der Waals surface area contributed by atoms with E-state index in [0.29, 0.717) is 18.1 Å². The van der Waals surface area contributed by atoms with E-state index in [-0.39, 0.29) is 16.9 Å². The van der Waals surface area contributed by atoms with E-state index in [4.69, 9.17) is 10.2 Å². The van der Waals surface area contributed by atoms with Crippen LogP contribution >= 0.6 is 0 Å². The van der Waals surface area contributed by atoms with Gasteiger partial charge in [0.15, 0.2) is 0 Å². The number of hydrogen-bond donors (Lipinski definition) is 2. The molecule has 0 radical (unpaired) electrons. The maximum atomic E-state index is 12.4. The minimum atomic E-state index is -3.51. The summed E-state index contributed by atoms with van der Waals surface area (Å²) in [6.07, 6.45) is 4.03. The van der Waals surface area contributed by atoms with E-state index in [2.05, 4.69) is 4.72 Å². The van der Waals surface area contributed by atoms with Crippen LogP contribution in [0.25, 0.3) is 0 Å². The smallest absolute Gasteiger partial charge is 0.244 e. The maximum absolute atomic E-state index is 12.4. The Morgan fingerprint density at radius 2 is 2.05 bits per heavy atom. The largest absolute Gasteiger partial charge is 0.465 e. The van der Waals surface area contributed by atoms with Gasteiger partial charge < -0.3 is 10.2 Å². The lowest BCUT2D eigenvalue weighted by Gasteiger charge is -2.30. The molecule has 3 N–H and O–H groups in total. The standard InChI is InChI=1S/C13H22N2O3S/c1-9-7-13(10(2)18-9)19(16,17)15-12-6-4-3-5-11(12)8-14/h7,11-12,15H,3-6,8,14H2,1-2H3. The van der Waals surface area contributed by atoms with E-state index < -0.39 is 10.0 Å². The third-order valence-electron chi connectivity index (χ3n) is 3.80. The number of aryl methyl sites for hydroxylation is 2. The van der Waals surface area contributed by atoms with Gasteiger partial charge >= 0.3 is 0 Å². The molecule has 0 aromatic carbocycles. The normalized spacial score (nSPS) is 24.6. The molecule has 6 heteroatoms. The summed E-state index contributed by atoms with van der Waals surface area (Å²) in [7, 11) is -3.51. The lowest BCUT2D eigenvalue weighted by atomic mass is 9.85. The van der Waals surface area contributed by atoms with Crippen molar-refractivity contribution in [1.29, 1.82) is 0 Å². The first kappa shape index (κ1) is 14.6. The van der Waals surface area contributed by atoms with Crippen LogP contribution in [0.5, 0.6) is 0 Å². The molecular formula is C13H22N2O3S. The molecule has 0 amide bonds. The van der Waals surface area contributed by atoms with E-state index in [1.54, 1.807) is 19.9 Å². The van der Waals surface area contributed by atoms with Crippen molar-refractivity contribution < 1.29 is 12.8 Å². The lowest BCUT2D eigenvalue weighted by molar-refractivity contribution is 0.296. The van der Waals surface area contributed by atoms with Crippen molar-refractivity contribution in [3.8, 4) is 0 Å². The predicted octanol–water partition coefficient (Wildman–Crippen LogP) is 1.69. The summed E-state index contributed by atoms with van der Waals surface area (Å²) in [6, 6.07) is 1.51. The second kappa shape index (κ2) is 5.64. The van der Waals surface area contributed by atoms with Gasteiger partial charge in [0.05, 0.1) is 0 Å². The van der Waals surface area contributed by atoms with Gasteiger partial charge in [-0.3, -0.25) is 0 Å². The average molecular weight is 286 g/mol. The minimum Gasteiger partial charge on any atom is -0.465 e. The van der Waals surface area contributed by atoms with Gasteiger partial charge in [-0.25, -0.2) is 13.1 Å². The highest BCUT2D eigenvalue weighted by Gasteiger charge is 2.30. The van der Waals surface area contributed by atoms with Crippen LogP contribution in [-0.2, 0) is 10.0 Å². The van der Waals surface area contributed by atoms with Crippen LogP contribution in [0.4, 0.5) is 0 Å². The number of rotatable bonds is 4. The highest BCUT2D eigenvalue weighted by atomic mass is 32.2. The SMILES string of the molecule is Cc1cc(S(=O)(=O)NC2CCCCC2CN)c(C)o1. The number of sulfonamides is 1. The molecule has 1 heterocycles. The predicted molar refractivity (Wildman–Crippen MR) is 73.3 cm³/mol. The Morgan fingerprint density at radius 1 is 1.37 bits per heavy atom. The van der Waals surface area contributed by atoms with Gasteiger partial charge in [0.2, 0.25) is 10.0 Å². The summed E-state index contributed by atoms with van der Waals surface area (Å²) >= 11 is 0. The van der Waals surface area contributed by atoms with Crippen molar-refractivity contribution in [3.63, 3.8) is 0 Å². The van der Waals surface area contributed by atoms with Crippen molar-refractivity contribution in [1.82, 2.24) is 4.72 Å². The molecule has 108 valence electrons. The van der Waals surface area contributed by atoms with Crippen LogP contribution < -0.4 is 10.5 Å². The van der Waals surface area contributed by atoms with Crippen LogP contribution in [0.15, 0.2) is 15.4 Å². The zero-order valence-corrected chi connectivity index (χ0v) is 12.3. The topological polar surface area (TPSA) is 85.3 Å². The van der Waals surface area contributed by atoms with E-state index in [1.807, 2.05) is 0 Å². The Morgan fingerprint density at radius 3 is 2.63 bits per heavy atom. The van der Waals surface area contributed by atoms with Crippen molar-refractivity contribution in [2.75, 3.05) is 6.54 Å². The third kappa shape index (κ3) is 3.19. The molecule has 1 saturated carbocycles. The van der Waals surface area contributed by atoms with Crippen molar-refractivity contribution in [2.45, 2.75) is 50.5 Å². The molecule has 2 atom stereocenters. The van der Waals surface area contributed by atoms with Gasteiger partial charge in [0.1, 0.15) is 16.4 Å². The highest BCUT2D eigenvalue weighted by molar-refractivity contribution is 7.89. The van der Waals surface area contributed by atoms with Crippen LogP contribution in [0.2, 0.25) is 0 Å². The van der Waals surface area contributed by atoms with E-state index in [9.17, 15) is 8.42 Å². The molecule has 2 unspecified atom stereocenters. The molecule has 1 aliphatic rings. The van der Waals surface area contributed by atoms with Crippen LogP contribution in [-0.4, -0.2) is 21.0 Å². The van der Waals surface area contributed by atoms with Crippen LogP contribution in [0.3, 0.4) is 0 Å². The second-order valence-electron chi connectivity index (χ2n) is 5.29. The molecule has 0 saturated heterocycles. The molecule has 0 spiro atoms. The van der Waals surface area contributed by atoms with Gasteiger partial charge in [-0.2, -0.15) is 0 Å². The molecule has 19 heavy (non-hydrogen) atoms. The third-order valence-corrected chi connectivity index (χ3v) is 5.40. The first-order valence-corrected chi connectivity index (χ1v) is 8.22. The van der Waals surface area contributed by atoms with Gasteiger partial charge in [-0.15, -0.1) is 0 Å². The zero-order valence-electron chi connectivity index (χ0n) is 11.5. The van der Waals surface area contributed by atoms with E-state index in [1.165, 1.54) is 0 Å². The minimum absolute atomic E-state index is 0.0571. The quantitative estimate of drug-likeness (QED) is 0.882. The summed E-state index contributed by atoms with van der Waals surface area (Å²) in [5.41, 5.74) is 5.73. The highest BCUT2D eigenvalue weighted by Crippen LogP contribution is 2.26. The van der Waals surface area contributed by atoms with Gasteiger partial charge in [-0.05, 0) is 45.2 Å². The molecule has 1 aliphatic carbocycles. The molecule has 1 aromatic rings. The average Bonchev–Trinajstić information content (AvgIpc) is 2.69. The number of furan rings is 1. The fraction of sp³-hybridized carbons (Fsp3) is 0.692. The Kier molecular flexibility index (Phi) is 4.32. The Hall–Kier alpha value is -0.850. The Balaban J connectivity index is 2.19. The molecule has 5 nitrogen and oxygen atoms in total. The molecule has 2 rings (SSSR count). The number of nitrogens with one attached hydrogen (secondary N) is 1. The summed E-state index contributed by atoms with van der Waals surface area (Å²) in [6.45, 7) is 3.94. The maximum Gasteiger partial charge on any atom is 0.244 e. The Labute approximate surface area is 114 Å². The summed E-state index contributed by atoms with van der Waals surface area (Å²) in [5, 5.41) is 0. The zero-order chi connectivity index (χ0) is 14.0. The Bertz CT molecular complexity index is 536. The van der Waals surface area contributed by atoms with E-state index >= 15 is 0 Å². The monoisotopic (exact) mass is 286 g/mol. The number of nitrogens with two attached hydrogens (primary N) is 1. The molecular weight excluding hydrogens is 264 g/mol. The van der Waals surface area contributed by atoms with Crippen molar-refractivity contribution in [2.24, 2.45) is 11.7 Å². The summed E-state index contributed by atoms with van der Waals surface area (Å²) < 4.78 is 32.9. The van der Waals surface area contributed by atoms with E-state index in [0.717, 1.165) is 25.7 Å². The van der Waals surface area contributed by atoms with Gasteiger partial charge in [0.25, 0.3) is 0 Å². The molecule has 0 bridgehead atoms. The van der Waals surface area contributed by atoms with Crippen molar-refractivity contribution in [3.05, 3.63) is 17.6 Å². The van der Waals surface area contributed by atoms with Gasteiger partial charge in [-0.1, -0.05) is 12.8 Å². The fourth-order valence-corrected chi connectivity index (χ4v) is 4.36. The summed E-state index contributed by atoms with van der Waals surface area (Å²) in [4.78, 5) is 0.242. The fourth-order valence-electron chi connectivity index (χ4n) is 2.78. The summed E-state index contributed by atoms with van der Waals surface area (Å²) in [5.74, 6) is 1.28. The molecule has 1 fully saturated rings. The first-order valence-electron chi connectivity index (χ1n) is 6.73. The second-order valence-corrected chi connectivity index (χ2v) is 6.97. The molecule has 1 aromatic heterocycles. The van der Waals surface area contributed by atoms with Crippen LogP contribution in [0.1, 0.15) is 37.2 Å². The van der Waals surface area contributed by atoms with Crippen LogP contribution in [0, 0.1) is 19.8 Å². The first-order chi connectivity index (χ1) is 8.94. The lowest BCUT2D eigenvalue weighted by Crippen LogP contribution is -2.44. The number of hydrogen-bond acceptors (Lipinski definition) is 4. The van der Waals surface area contributed by atoms with Crippen molar-refractivity contribution >= 4 is 10.0 Å². The molecule has 0 aliphatic heterocycles.